The molecule has 0 aliphatic heterocycles. The minimum Gasteiger partial charge on any atom is -0.352 e. The number of nitrogens with one attached hydrogen (secondary N) is 2. The molecule has 0 aliphatic rings. The molecule has 1 amide bonds. The Balaban J connectivity index is 2.21. The lowest BCUT2D eigenvalue weighted by molar-refractivity contribution is 0.0954. The summed E-state index contributed by atoms with van der Waals surface area (Å²) in [5.41, 5.74) is 1.16. The number of rotatable bonds is 5. The molecule has 0 radical (unpaired) electrons. The van der Waals surface area contributed by atoms with Crippen molar-refractivity contribution in [2.24, 2.45) is 0 Å². The third-order valence-corrected chi connectivity index (χ3v) is 2.94. The van der Waals surface area contributed by atoms with Gasteiger partial charge < -0.3 is 5.32 Å². The van der Waals surface area contributed by atoms with Gasteiger partial charge in [0, 0.05) is 24.5 Å². The zero-order valence-electron chi connectivity index (χ0n) is 11.2. The standard InChI is InChI=1S/C13H18N4O2/c1-3-4-5-6-14-13(19)10-8-15-17-11(18)7-9(2)16-12(10)17/h7-8,15H,3-6H2,1-2H3,(H,14,19). The topological polar surface area (TPSA) is 79.3 Å². The molecule has 0 saturated carbocycles. The number of amides is 1. The highest BCUT2D eigenvalue weighted by molar-refractivity contribution is 5.99. The van der Waals surface area contributed by atoms with Gasteiger partial charge in [0.2, 0.25) is 0 Å². The first-order valence-corrected chi connectivity index (χ1v) is 6.49. The van der Waals surface area contributed by atoms with E-state index >= 15 is 0 Å². The summed E-state index contributed by atoms with van der Waals surface area (Å²) in [6.07, 6.45) is 4.67. The van der Waals surface area contributed by atoms with E-state index in [9.17, 15) is 9.59 Å². The molecule has 19 heavy (non-hydrogen) atoms. The highest BCUT2D eigenvalue weighted by atomic mass is 16.2. The highest BCUT2D eigenvalue weighted by Crippen LogP contribution is 2.06. The quantitative estimate of drug-likeness (QED) is 0.796. The van der Waals surface area contributed by atoms with E-state index in [1.807, 2.05) is 0 Å². The van der Waals surface area contributed by atoms with Gasteiger partial charge in [-0.25, -0.2) is 9.50 Å². The predicted molar refractivity (Wildman–Crippen MR) is 72.4 cm³/mol. The van der Waals surface area contributed by atoms with Crippen LogP contribution in [0.15, 0.2) is 17.1 Å². The van der Waals surface area contributed by atoms with Crippen molar-refractivity contribution < 1.29 is 4.79 Å². The van der Waals surface area contributed by atoms with Crippen LogP contribution in [0.3, 0.4) is 0 Å². The van der Waals surface area contributed by atoms with Crippen molar-refractivity contribution in [3.8, 4) is 0 Å². The van der Waals surface area contributed by atoms with Gasteiger partial charge in [-0.3, -0.25) is 14.7 Å². The van der Waals surface area contributed by atoms with Crippen LogP contribution >= 0.6 is 0 Å². The van der Waals surface area contributed by atoms with E-state index < -0.39 is 0 Å². The molecule has 2 aromatic heterocycles. The summed E-state index contributed by atoms with van der Waals surface area (Å²) in [5, 5.41) is 5.58. The van der Waals surface area contributed by atoms with Crippen molar-refractivity contribution in [3.63, 3.8) is 0 Å². The summed E-state index contributed by atoms with van der Waals surface area (Å²) in [6, 6.07) is 1.42. The second-order valence-corrected chi connectivity index (χ2v) is 4.54. The predicted octanol–water partition coefficient (Wildman–Crippen LogP) is 1.25. The normalized spacial score (nSPS) is 10.8. The zero-order chi connectivity index (χ0) is 13.8. The number of fused-ring (bicyclic) bond motifs is 1. The van der Waals surface area contributed by atoms with Crippen molar-refractivity contribution in [2.45, 2.75) is 33.1 Å². The summed E-state index contributed by atoms with van der Waals surface area (Å²) < 4.78 is 1.27. The lowest BCUT2D eigenvalue weighted by Crippen LogP contribution is -2.25. The van der Waals surface area contributed by atoms with Crippen molar-refractivity contribution in [3.05, 3.63) is 33.9 Å². The van der Waals surface area contributed by atoms with Crippen LogP contribution in [0, 0.1) is 6.92 Å². The number of nitrogens with zero attached hydrogens (tertiary/aromatic N) is 2. The average molecular weight is 262 g/mol. The molecule has 0 aliphatic carbocycles. The summed E-state index contributed by atoms with van der Waals surface area (Å²) >= 11 is 0. The molecule has 0 saturated heterocycles. The van der Waals surface area contributed by atoms with Crippen molar-refractivity contribution in [1.29, 1.82) is 0 Å². The number of hydrogen-bond donors (Lipinski definition) is 2. The largest absolute Gasteiger partial charge is 0.352 e. The molecule has 2 heterocycles. The van der Waals surface area contributed by atoms with Crippen LogP contribution in [-0.2, 0) is 0 Å². The lowest BCUT2D eigenvalue weighted by atomic mass is 10.2. The number of carbonyl (C=O) groups excluding carboxylic acids is 1. The first kappa shape index (κ1) is 13.3. The molecule has 0 atom stereocenters. The van der Waals surface area contributed by atoms with Gasteiger partial charge in [0.05, 0.1) is 0 Å². The number of hydrogen-bond acceptors (Lipinski definition) is 3. The minimum atomic E-state index is -0.215. The molecule has 2 rings (SSSR count). The molecule has 2 N–H and O–H groups in total. The SMILES string of the molecule is CCCCCNC(=O)c1c[nH]n2c(=O)cc(C)nc12. The van der Waals surface area contributed by atoms with E-state index in [1.54, 1.807) is 6.92 Å². The van der Waals surface area contributed by atoms with Crippen LogP contribution in [0.5, 0.6) is 0 Å². The van der Waals surface area contributed by atoms with Crippen LogP contribution in [0.4, 0.5) is 0 Å². The lowest BCUT2D eigenvalue weighted by Gasteiger charge is -2.03. The first-order chi connectivity index (χ1) is 9.13. The summed E-state index contributed by atoms with van der Waals surface area (Å²) in [5.74, 6) is -0.202. The molecular formula is C13H18N4O2. The molecule has 6 heteroatoms. The first-order valence-electron chi connectivity index (χ1n) is 6.49. The molecule has 6 nitrogen and oxygen atoms in total. The minimum absolute atomic E-state index is 0.202. The van der Waals surface area contributed by atoms with Gasteiger partial charge in [-0.2, -0.15) is 0 Å². The number of aromatic amines is 1. The fourth-order valence-electron chi connectivity index (χ4n) is 1.94. The van der Waals surface area contributed by atoms with Gasteiger partial charge in [0.25, 0.3) is 11.5 Å². The number of aromatic nitrogens is 3. The van der Waals surface area contributed by atoms with Gasteiger partial charge in [0.15, 0.2) is 5.65 Å². The Morgan fingerprint density at radius 2 is 2.26 bits per heavy atom. The van der Waals surface area contributed by atoms with Crippen LogP contribution in [0.1, 0.15) is 42.2 Å². The molecule has 0 bridgehead atoms. The molecule has 0 unspecified atom stereocenters. The van der Waals surface area contributed by atoms with Crippen LogP contribution in [0.25, 0.3) is 5.65 Å². The maximum atomic E-state index is 12.0. The number of carbonyl (C=O) groups is 1. The third kappa shape index (κ3) is 2.83. The molecule has 102 valence electrons. The molecule has 0 aromatic carbocycles. The van der Waals surface area contributed by atoms with Crippen molar-refractivity contribution >= 4 is 11.6 Å². The van der Waals surface area contributed by atoms with E-state index in [-0.39, 0.29) is 11.5 Å². The summed E-state index contributed by atoms with van der Waals surface area (Å²) in [7, 11) is 0. The monoisotopic (exact) mass is 262 g/mol. The van der Waals surface area contributed by atoms with Gasteiger partial charge >= 0.3 is 0 Å². The van der Waals surface area contributed by atoms with E-state index in [1.165, 1.54) is 16.8 Å². The van der Waals surface area contributed by atoms with Crippen molar-refractivity contribution in [2.75, 3.05) is 6.54 Å². The molecule has 2 aromatic rings. The van der Waals surface area contributed by atoms with E-state index in [4.69, 9.17) is 0 Å². The average Bonchev–Trinajstić information content (AvgIpc) is 2.78. The van der Waals surface area contributed by atoms with E-state index in [2.05, 4.69) is 22.3 Å². The third-order valence-electron chi connectivity index (χ3n) is 2.94. The Labute approximate surface area is 110 Å². The Morgan fingerprint density at radius 3 is 3.00 bits per heavy atom. The fraction of sp³-hybridized carbons (Fsp3) is 0.462. The Hall–Kier alpha value is -2.11. The number of H-pyrrole nitrogens is 1. The second-order valence-electron chi connectivity index (χ2n) is 4.54. The number of unbranched alkanes of at least 4 members (excludes halogenated alkanes) is 2. The maximum absolute atomic E-state index is 12.0. The fourth-order valence-corrected chi connectivity index (χ4v) is 1.94. The molecule has 0 fully saturated rings. The number of aryl methyl sites for hydroxylation is 1. The second kappa shape index (κ2) is 5.69. The van der Waals surface area contributed by atoms with Gasteiger partial charge in [-0.05, 0) is 13.3 Å². The Kier molecular flexibility index (Phi) is 3.99. The maximum Gasteiger partial charge on any atom is 0.272 e. The van der Waals surface area contributed by atoms with Crippen molar-refractivity contribution in [1.82, 2.24) is 19.9 Å². The van der Waals surface area contributed by atoms with Crippen LogP contribution < -0.4 is 10.9 Å². The van der Waals surface area contributed by atoms with Crippen LogP contribution in [-0.4, -0.2) is 27.0 Å². The summed E-state index contributed by atoms with van der Waals surface area (Å²) in [6.45, 7) is 4.48. The van der Waals surface area contributed by atoms with E-state index in [0.717, 1.165) is 19.3 Å². The Bertz CT molecular complexity index is 642. The van der Waals surface area contributed by atoms with Crippen LogP contribution in [0.2, 0.25) is 0 Å². The molecular weight excluding hydrogens is 244 g/mol. The highest BCUT2D eigenvalue weighted by Gasteiger charge is 2.14. The van der Waals surface area contributed by atoms with Gasteiger partial charge in [0.1, 0.15) is 5.56 Å². The van der Waals surface area contributed by atoms with E-state index in [0.29, 0.717) is 23.4 Å². The smallest absolute Gasteiger partial charge is 0.272 e. The van der Waals surface area contributed by atoms with Gasteiger partial charge in [-0.1, -0.05) is 19.8 Å². The Morgan fingerprint density at radius 1 is 1.47 bits per heavy atom. The zero-order valence-corrected chi connectivity index (χ0v) is 11.2. The van der Waals surface area contributed by atoms with Gasteiger partial charge in [-0.15, -0.1) is 0 Å². The molecule has 0 spiro atoms. The summed E-state index contributed by atoms with van der Waals surface area (Å²) in [4.78, 5) is 27.9.